The average molecular weight is 462 g/mol. The molecule has 2 bridgehead atoms. The van der Waals surface area contributed by atoms with Crippen molar-refractivity contribution in [2.45, 2.75) is 58.3 Å². The van der Waals surface area contributed by atoms with E-state index in [0.29, 0.717) is 33.5 Å². The van der Waals surface area contributed by atoms with E-state index < -0.39 is 6.10 Å². The summed E-state index contributed by atoms with van der Waals surface area (Å²) >= 11 is 12.2. The van der Waals surface area contributed by atoms with Gasteiger partial charge in [-0.2, -0.15) is 0 Å². The van der Waals surface area contributed by atoms with Gasteiger partial charge in [0.1, 0.15) is 6.10 Å². The first kappa shape index (κ1) is 23.1. The van der Waals surface area contributed by atoms with Gasteiger partial charge in [-0.3, -0.25) is 4.90 Å². The normalized spacial score (nSPS) is 26.4. The molecule has 0 aromatic heterocycles. The van der Waals surface area contributed by atoms with E-state index in [-0.39, 0.29) is 12.7 Å². The van der Waals surface area contributed by atoms with Crippen molar-refractivity contribution in [3.63, 3.8) is 0 Å². The van der Waals surface area contributed by atoms with Gasteiger partial charge < -0.3 is 9.84 Å². The number of hydrogen-bond donors (Lipinski definition) is 1. The Morgan fingerprint density at radius 3 is 2.06 bits per heavy atom. The van der Waals surface area contributed by atoms with E-state index in [4.69, 9.17) is 27.9 Å². The number of aliphatic hydroxyl groups is 1. The highest BCUT2D eigenvalue weighted by molar-refractivity contribution is 6.30. The molecule has 4 rings (SSSR count). The number of fused-ring (bicyclic) bond motifs is 2. The van der Waals surface area contributed by atoms with Crippen molar-refractivity contribution in [2.75, 3.05) is 19.7 Å². The van der Waals surface area contributed by atoms with Crippen molar-refractivity contribution in [2.24, 2.45) is 10.8 Å². The van der Waals surface area contributed by atoms with Crippen molar-refractivity contribution >= 4 is 23.2 Å². The fourth-order valence-electron chi connectivity index (χ4n) is 5.98. The van der Waals surface area contributed by atoms with Crippen LogP contribution in [0.1, 0.15) is 57.3 Å². The SMILES string of the molecule is CC1(C)C[C@@H]2C[C@@](C)(CN2C[C@H](O)COC(c2ccc(Cl)cc2)c2ccc(Cl)cc2)C1. The van der Waals surface area contributed by atoms with Crippen LogP contribution in [0.15, 0.2) is 48.5 Å². The molecular formula is C26H33Cl2NO2. The average Bonchev–Trinajstić information content (AvgIpc) is 2.92. The number of rotatable bonds is 7. The number of nitrogens with zero attached hydrogens (tertiary/aromatic N) is 1. The fraction of sp³-hybridized carbons (Fsp3) is 0.538. The minimum absolute atomic E-state index is 0.277. The summed E-state index contributed by atoms with van der Waals surface area (Å²) in [7, 11) is 0. The Balaban J connectivity index is 1.42. The Hall–Kier alpha value is -1.10. The number of hydrogen-bond acceptors (Lipinski definition) is 3. The van der Waals surface area contributed by atoms with E-state index in [9.17, 15) is 5.11 Å². The molecule has 2 aromatic rings. The second kappa shape index (κ2) is 9.03. The molecule has 1 saturated carbocycles. The summed E-state index contributed by atoms with van der Waals surface area (Å²) in [5.74, 6) is 0. The Morgan fingerprint density at radius 2 is 1.52 bits per heavy atom. The fourth-order valence-corrected chi connectivity index (χ4v) is 6.23. The van der Waals surface area contributed by atoms with Crippen LogP contribution in [0.4, 0.5) is 0 Å². The summed E-state index contributed by atoms with van der Waals surface area (Å²) in [6, 6.07) is 15.9. The molecule has 3 atom stereocenters. The molecule has 1 aliphatic heterocycles. The largest absolute Gasteiger partial charge is 0.389 e. The van der Waals surface area contributed by atoms with E-state index in [1.165, 1.54) is 19.3 Å². The van der Waals surface area contributed by atoms with Gasteiger partial charge in [0, 0.05) is 29.2 Å². The molecule has 1 heterocycles. The third-order valence-corrected chi connectivity index (χ3v) is 7.27. The summed E-state index contributed by atoms with van der Waals surface area (Å²) in [6.07, 6.45) is 2.89. The predicted molar refractivity (Wildman–Crippen MR) is 128 cm³/mol. The first-order valence-corrected chi connectivity index (χ1v) is 11.9. The Morgan fingerprint density at radius 1 is 0.968 bits per heavy atom. The molecule has 2 aliphatic rings. The highest BCUT2D eigenvalue weighted by Gasteiger charge is 2.49. The van der Waals surface area contributed by atoms with Gasteiger partial charge >= 0.3 is 0 Å². The highest BCUT2D eigenvalue weighted by Crippen LogP contribution is 2.52. The van der Waals surface area contributed by atoms with Crippen molar-refractivity contribution in [1.29, 1.82) is 0 Å². The molecule has 168 valence electrons. The summed E-state index contributed by atoms with van der Waals surface area (Å²) in [4.78, 5) is 2.49. The second-order valence-electron chi connectivity index (χ2n) is 10.6. The van der Waals surface area contributed by atoms with Gasteiger partial charge in [0.2, 0.25) is 0 Å². The van der Waals surface area contributed by atoms with E-state index in [1.54, 1.807) is 0 Å². The van der Waals surface area contributed by atoms with Crippen molar-refractivity contribution in [3.05, 3.63) is 69.7 Å². The molecule has 2 aromatic carbocycles. The Labute approximate surface area is 196 Å². The minimum Gasteiger partial charge on any atom is -0.389 e. The van der Waals surface area contributed by atoms with Crippen LogP contribution >= 0.6 is 23.2 Å². The lowest BCUT2D eigenvalue weighted by Crippen LogP contribution is -2.39. The third kappa shape index (κ3) is 5.64. The Bertz CT molecular complexity index is 838. The maximum Gasteiger partial charge on any atom is 0.108 e. The van der Waals surface area contributed by atoms with Gasteiger partial charge in [-0.05, 0) is 65.5 Å². The molecule has 1 aliphatic carbocycles. The lowest BCUT2D eigenvalue weighted by Gasteiger charge is -2.40. The van der Waals surface area contributed by atoms with Gasteiger partial charge in [-0.25, -0.2) is 0 Å². The molecular weight excluding hydrogens is 429 g/mol. The van der Waals surface area contributed by atoms with Crippen LogP contribution in [0.3, 0.4) is 0 Å². The van der Waals surface area contributed by atoms with Crippen molar-refractivity contribution in [1.82, 2.24) is 4.90 Å². The van der Waals surface area contributed by atoms with E-state index in [1.807, 2.05) is 48.5 Å². The number of halogens is 2. The summed E-state index contributed by atoms with van der Waals surface area (Å²) in [6.45, 7) is 9.16. The summed E-state index contributed by atoms with van der Waals surface area (Å²) in [5.41, 5.74) is 2.75. The summed E-state index contributed by atoms with van der Waals surface area (Å²) in [5, 5.41) is 12.2. The van der Waals surface area contributed by atoms with Crippen molar-refractivity contribution in [3.8, 4) is 0 Å². The zero-order valence-corrected chi connectivity index (χ0v) is 20.2. The minimum atomic E-state index is -0.534. The third-order valence-electron chi connectivity index (χ3n) is 6.77. The molecule has 5 heteroatoms. The van der Waals surface area contributed by atoms with Crippen molar-refractivity contribution < 1.29 is 9.84 Å². The molecule has 0 spiro atoms. The first-order chi connectivity index (χ1) is 14.6. The highest BCUT2D eigenvalue weighted by atomic mass is 35.5. The van der Waals surface area contributed by atoms with Crippen LogP contribution in [-0.4, -0.2) is 41.8 Å². The predicted octanol–water partition coefficient (Wildman–Crippen LogP) is 6.36. The lowest BCUT2D eigenvalue weighted by molar-refractivity contribution is -0.0112. The van der Waals surface area contributed by atoms with Crippen LogP contribution in [0.2, 0.25) is 10.0 Å². The number of likely N-dealkylation sites (tertiary alicyclic amines) is 1. The summed E-state index contributed by atoms with van der Waals surface area (Å²) < 4.78 is 6.28. The van der Waals surface area contributed by atoms with Crippen LogP contribution in [0.5, 0.6) is 0 Å². The smallest absolute Gasteiger partial charge is 0.108 e. The van der Waals surface area contributed by atoms with Crippen LogP contribution in [-0.2, 0) is 4.74 Å². The molecule has 1 saturated heterocycles. The molecule has 0 radical (unpaired) electrons. The van der Waals surface area contributed by atoms with E-state index in [2.05, 4.69) is 25.7 Å². The zero-order chi connectivity index (χ0) is 22.2. The topological polar surface area (TPSA) is 32.7 Å². The number of aliphatic hydroxyl groups excluding tert-OH is 1. The molecule has 31 heavy (non-hydrogen) atoms. The van der Waals surface area contributed by atoms with Gasteiger partial charge in [-0.15, -0.1) is 0 Å². The van der Waals surface area contributed by atoms with Gasteiger partial charge in [0.15, 0.2) is 0 Å². The molecule has 0 unspecified atom stereocenters. The van der Waals surface area contributed by atoms with Gasteiger partial charge in [-0.1, -0.05) is 68.2 Å². The second-order valence-corrected chi connectivity index (χ2v) is 11.5. The maximum absolute atomic E-state index is 10.9. The monoisotopic (exact) mass is 461 g/mol. The molecule has 2 fully saturated rings. The standard InChI is InChI=1S/C26H33Cl2NO2/c1-25(2)12-22-13-26(3,16-25)17-29(22)14-23(30)15-31-24(18-4-8-20(27)9-5-18)19-6-10-21(28)11-7-19/h4-11,22-24,30H,12-17H2,1-3H3/t22-,23+,26-/m1/s1. The molecule has 3 nitrogen and oxygen atoms in total. The van der Waals surface area contributed by atoms with E-state index in [0.717, 1.165) is 17.7 Å². The van der Waals surface area contributed by atoms with Crippen LogP contribution in [0.25, 0.3) is 0 Å². The number of β-amino-alcohol motifs (C(OH)–C–C–N with tert-alkyl or cyclic N) is 1. The van der Waals surface area contributed by atoms with Gasteiger partial charge in [0.25, 0.3) is 0 Å². The maximum atomic E-state index is 10.9. The Kier molecular flexibility index (Phi) is 6.72. The van der Waals surface area contributed by atoms with Gasteiger partial charge in [0.05, 0.1) is 12.7 Å². The van der Waals surface area contributed by atoms with Crippen LogP contribution in [0, 0.1) is 10.8 Å². The quantitative estimate of drug-likeness (QED) is 0.520. The zero-order valence-electron chi connectivity index (χ0n) is 18.7. The molecule has 0 amide bonds. The van der Waals surface area contributed by atoms with Crippen LogP contribution < -0.4 is 0 Å². The number of ether oxygens (including phenoxy) is 1. The first-order valence-electron chi connectivity index (χ1n) is 11.2. The van der Waals surface area contributed by atoms with E-state index >= 15 is 0 Å². The molecule has 1 N–H and O–H groups in total. The number of benzene rings is 2. The lowest BCUT2D eigenvalue weighted by atomic mass is 9.65.